The summed E-state index contributed by atoms with van der Waals surface area (Å²) in [4.78, 5) is 44.7. The number of aromatic nitrogens is 1. The normalized spacial score (nSPS) is 14.9. The van der Waals surface area contributed by atoms with Crippen LogP contribution in [0.1, 0.15) is 34.5 Å². The summed E-state index contributed by atoms with van der Waals surface area (Å²) >= 11 is 0. The Balaban J connectivity index is 1.27. The van der Waals surface area contributed by atoms with E-state index in [9.17, 15) is 14.4 Å². The quantitative estimate of drug-likeness (QED) is 0.621. The summed E-state index contributed by atoms with van der Waals surface area (Å²) in [7, 11) is 1.36. The van der Waals surface area contributed by atoms with E-state index in [-0.39, 0.29) is 24.7 Å². The molecule has 3 heterocycles. The van der Waals surface area contributed by atoms with Gasteiger partial charge in [-0.2, -0.15) is 0 Å². The van der Waals surface area contributed by atoms with Crippen molar-refractivity contribution in [2.24, 2.45) is 0 Å². The van der Waals surface area contributed by atoms with Gasteiger partial charge in [-0.3, -0.25) is 9.59 Å². The number of benzene rings is 2. The maximum atomic E-state index is 13.0. The summed E-state index contributed by atoms with van der Waals surface area (Å²) < 4.78 is 10.4. The van der Waals surface area contributed by atoms with Crippen molar-refractivity contribution in [3.63, 3.8) is 0 Å². The van der Waals surface area contributed by atoms with E-state index >= 15 is 0 Å². The molecule has 2 aromatic carbocycles. The fraction of sp³-hybridized carbons (Fsp3) is 0.320. The predicted octanol–water partition coefficient (Wildman–Crippen LogP) is 3.05. The SMILES string of the molecule is COC(=O)c1ccc2[nH]c3c(c2c1)CN(C(=O)CCC(=O)N1CCOc2ccccc21)CC3. The summed E-state index contributed by atoms with van der Waals surface area (Å²) in [5.74, 6) is 0.178. The number of aromatic amines is 1. The van der Waals surface area contributed by atoms with Crippen molar-refractivity contribution in [2.45, 2.75) is 25.8 Å². The van der Waals surface area contributed by atoms with Crippen LogP contribution in [-0.2, 0) is 27.3 Å². The van der Waals surface area contributed by atoms with Crippen LogP contribution in [0.5, 0.6) is 5.75 Å². The Morgan fingerprint density at radius 2 is 1.88 bits per heavy atom. The molecule has 0 spiro atoms. The number of ether oxygens (including phenoxy) is 2. The number of nitrogens with one attached hydrogen (secondary N) is 1. The van der Waals surface area contributed by atoms with Crippen molar-refractivity contribution in [1.82, 2.24) is 9.88 Å². The van der Waals surface area contributed by atoms with E-state index in [0.717, 1.165) is 27.8 Å². The maximum Gasteiger partial charge on any atom is 0.337 e. The van der Waals surface area contributed by atoms with Gasteiger partial charge in [0.2, 0.25) is 11.8 Å². The lowest BCUT2D eigenvalue weighted by atomic mass is 10.0. The Morgan fingerprint density at radius 3 is 2.73 bits per heavy atom. The zero-order valence-corrected chi connectivity index (χ0v) is 18.4. The molecule has 0 unspecified atom stereocenters. The Morgan fingerprint density at radius 1 is 1.06 bits per heavy atom. The maximum absolute atomic E-state index is 13.0. The third-order valence-electron chi connectivity index (χ3n) is 6.33. The topological polar surface area (TPSA) is 91.9 Å². The summed E-state index contributed by atoms with van der Waals surface area (Å²) in [6.07, 6.45) is 1.01. The highest BCUT2D eigenvalue weighted by Gasteiger charge is 2.27. The van der Waals surface area contributed by atoms with Crippen molar-refractivity contribution >= 4 is 34.4 Å². The average molecular weight is 447 g/mol. The van der Waals surface area contributed by atoms with Crippen molar-refractivity contribution in [1.29, 1.82) is 0 Å². The van der Waals surface area contributed by atoms with Crippen molar-refractivity contribution in [3.8, 4) is 5.75 Å². The minimum Gasteiger partial charge on any atom is -0.490 e. The van der Waals surface area contributed by atoms with Gasteiger partial charge in [0.1, 0.15) is 12.4 Å². The monoisotopic (exact) mass is 447 g/mol. The number of H-pyrrole nitrogens is 1. The number of hydrogen-bond donors (Lipinski definition) is 1. The molecule has 2 aliphatic heterocycles. The Labute approximate surface area is 191 Å². The van der Waals surface area contributed by atoms with Gasteiger partial charge in [-0.1, -0.05) is 12.1 Å². The minimum atomic E-state index is -0.390. The van der Waals surface area contributed by atoms with Crippen LogP contribution < -0.4 is 9.64 Å². The first-order valence-electron chi connectivity index (χ1n) is 11.1. The van der Waals surface area contributed by atoms with Crippen LogP contribution in [0.3, 0.4) is 0 Å². The number of para-hydroxylation sites is 2. The van der Waals surface area contributed by atoms with Gasteiger partial charge in [-0.05, 0) is 30.3 Å². The number of nitrogens with zero attached hydrogens (tertiary/aromatic N) is 2. The van der Waals surface area contributed by atoms with Crippen molar-refractivity contribution in [2.75, 3.05) is 31.7 Å². The second-order valence-corrected chi connectivity index (χ2v) is 8.26. The minimum absolute atomic E-state index is 0.0472. The van der Waals surface area contributed by atoms with Crippen LogP contribution in [0.15, 0.2) is 42.5 Å². The van der Waals surface area contributed by atoms with E-state index in [1.165, 1.54) is 7.11 Å². The highest BCUT2D eigenvalue weighted by molar-refractivity contribution is 5.98. The van der Waals surface area contributed by atoms with Gasteiger partial charge in [0.25, 0.3) is 0 Å². The standard InChI is InChI=1S/C25H25N3O5/c1-32-25(31)16-6-7-19-17(14-16)18-15-27(11-10-20(18)26-19)23(29)8-9-24(30)28-12-13-33-22-5-3-2-4-21(22)28/h2-7,14,26H,8-13,15H2,1H3. The van der Waals surface area contributed by atoms with Crippen LogP contribution in [0.4, 0.5) is 5.69 Å². The number of hydrogen-bond acceptors (Lipinski definition) is 5. The predicted molar refractivity (Wildman–Crippen MR) is 122 cm³/mol. The number of amides is 2. The number of fused-ring (bicyclic) bond motifs is 4. The number of carbonyl (C=O) groups is 3. The van der Waals surface area contributed by atoms with Crippen LogP contribution in [0.2, 0.25) is 0 Å². The van der Waals surface area contributed by atoms with Gasteiger partial charge in [0, 0.05) is 54.5 Å². The number of anilines is 1. The molecule has 5 rings (SSSR count). The number of carbonyl (C=O) groups excluding carboxylic acids is 3. The molecule has 2 amide bonds. The molecule has 1 N–H and O–H groups in total. The smallest absolute Gasteiger partial charge is 0.337 e. The van der Waals surface area contributed by atoms with E-state index < -0.39 is 5.97 Å². The van der Waals surface area contributed by atoms with Gasteiger partial charge in [0.15, 0.2) is 0 Å². The Kier molecular flexibility index (Phi) is 5.50. The fourth-order valence-corrected chi connectivity index (χ4v) is 4.61. The molecule has 2 aliphatic rings. The molecule has 0 saturated carbocycles. The molecule has 33 heavy (non-hydrogen) atoms. The first-order chi connectivity index (χ1) is 16.0. The van der Waals surface area contributed by atoms with Crippen LogP contribution in [-0.4, -0.2) is 54.5 Å². The summed E-state index contributed by atoms with van der Waals surface area (Å²) in [5.41, 5.74) is 4.26. The summed E-state index contributed by atoms with van der Waals surface area (Å²) in [6, 6.07) is 12.9. The zero-order valence-electron chi connectivity index (χ0n) is 18.4. The molecule has 0 saturated heterocycles. The molecule has 170 valence electrons. The molecule has 8 heteroatoms. The largest absolute Gasteiger partial charge is 0.490 e. The molecule has 8 nitrogen and oxygen atoms in total. The third-order valence-corrected chi connectivity index (χ3v) is 6.33. The molecule has 1 aromatic heterocycles. The van der Waals surface area contributed by atoms with E-state index in [0.29, 0.717) is 44.0 Å². The van der Waals surface area contributed by atoms with Gasteiger partial charge < -0.3 is 24.3 Å². The first-order valence-corrected chi connectivity index (χ1v) is 11.1. The third kappa shape index (κ3) is 3.92. The van der Waals surface area contributed by atoms with Crippen LogP contribution in [0.25, 0.3) is 10.9 Å². The summed E-state index contributed by atoms with van der Waals surface area (Å²) in [6.45, 7) is 1.97. The highest BCUT2D eigenvalue weighted by Crippen LogP contribution is 2.32. The van der Waals surface area contributed by atoms with Crippen molar-refractivity contribution < 1.29 is 23.9 Å². The molecule has 3 aromatic rings. The first kappa shape index (κ1) is 21.1. The fourth-order valence-electron chi connectivity index (χ4n) is 4.61. The zero-order chi connectivity index (χ0) is 22.9. The van der Waals surface area contributed by atoms with Gasteiger partial charge in [-0.25, -0.2) is 4.79 Å². The van der Waals surface area contributed by atoms with Crippen LogP contribution in [0, 0.1) is 0 Å². The molecule has 0 aliphatic carbocycles. The summed E-state index contributed by atoms with van der Waals surface area (Å²) in [5, 5.41) is 0.923. The van der Waals surface area contributed by atoms with Gasteiger partial charge >= 0.3 is 5.97 Å². The number of rotatable bonds is 4. The van der Waals surface area contributed by atoms with Gasteiger partial charge in [0.05, 0.1) is 24.9 Å². The lowest BCUT2D eigenvalue weighted by Gasteiger charge is -2.30. The number of methoxy groups -OCH3 is 1. The van der Waals surface area contributed by atoms with E-state index in [4.69, 9.17) is 9.47 Å². The molecular weight excluding hydrogens is 422 g/mol. The lowest BCUT2D eigenvalue weighted by Crippen LogP contribution is -2.39. The molecule has 0 bridgehead atoms. The Bertz CT molecular complexity index is 1250. The molecule has 0 radical (unpaired) electrons. The van der Waals surface area contributed by atoms with E-state index in [1.54, 1.807) is 15.9 Å². The van der Waals surface area contributed by atoms with Gasteiger partial charge in [-0.15, -0.1) is 0 Å². The molecular formula is C25H25N3O5. The number of esters is 1. The highest BCUT2D eigenvalue weighted by atomic mass is 16.5. The van der Waals surface area contributed by atoms with Crippen molar-refractivity contribution in [3.05, 3.63) is 59.3 Å². The lowest BCUT2D eigenvalue weighted by molar-refractivity contribution is -0.134. The van der Waals surface area contributed by atoms with Crippen LogP contribution >= 0.6 is 0 Å². The molecule has 0 fully saturated rings. The second kappa shape index (κ2) is 8.61. The second-order valence-electron chi connectivity index (χ2n) is 8.26. The Hall–Kier alpha value is -3.81. The van der Waals surface area contributed by atoms with E-state index in [1.807, 2.05) is 36.4 Å². The van der Waals surface area contributed by atoms with E-state index in [2.05, 4.69) is 4.98 Å². The molecule has 0 atom stereocenters. The average Bonchev–Trinajstić information content (AvgIpc) is 3.23.